The lowest BCUT2D eigenvalue weighted by Gasteiger charge is -2.34. The van der Waals surface area contributed by atoms with Crippen LogP contribution in [0.4, 0.5) is 0 Å². The smallest absolute Gasteiger partial charge is 0.242 e. The molecule has 2 aromatic heterocycles. The van der Waals surface area contributed by atoms with Crippen LogP contribution in [0.3, 0.4) is 0 Å². The molecule has 1 aliphatic carbocycles. The van der Waals surface area contributed by atoms with E-state index < -0.39 is 0 Å². The van der Waals surface area contributed by atoms with E-state index in [1.165, 1.54) is 0 Å². The van der Waals surface area contributed by atoms with Gasteiger partial charge in [-0.1, -0.05) is 6.07 Å². The fourth-order valence-corrected chi connectivity index (χ4v) is 3.77. The zero-order chi connectivity index (χ0) is 18.7. The van der Waals surface area contributed by atoms with Crippen LogP contribution in [-0.4, -0.2) is 58.2 Å². The van der Waals surface area contributed by atoms with Crippen molar-refractivity contribution in [2.45, 2.75) is 32.4 Å². The molecule has 0 spiro atoms. The van der Waals surface area contributed by atoms with Crippen molar-refractivity contribution in [2.24, 2.45) is 5.41 Å². The summed E-state index contributed by atoms with van der Waals surface area (Å²) in [5.74, 6) is 1.08. The molecule has 0 aromatic carbocycles. The zero-order valence-electron chi connectivity index (χ0n) is 15.8. The number of ether oxygens (including phenoxy) is 1. The summed E-state index contributed by atoms with van der Waals surface area (Å²) in [7, 11) is 0. The van der Waals surface area contributed by atoms with Gasteiger partial charge in [-0.05, 0) is 31.4 Å². The van der Waals surface area contributed by atoms with Crippen LogP contribution < -0.4 is 5.32 Å². The number of amides is 1. The summed E-state index contributed by atoms with van der Waals surface area (Å²) in [6.07, 6.45) is 9.66. The second-order valence-corrected chi connectivity index (χ2v) is 7.66. The Hall–Kier alpha value is -2.25. The Balaban J connectivity index is 1.43. The number of carbonyl (C=O) groups is 1. The second kappa shape index (κ2) is 7.78. The molecular formula is C20H27N5O2. The number of aromatic nitrogens is 3. The Morgan fingerprint density at radius 2 is 2.15 bits per heavy atom. The van der Waals surface area contributed by atoms with Crippen LogP contribution >= 0.6 is 0 Å². The summed E-state index contributed by atoms with van der Waals surface area (Å²) in [5, 5.41) is 3.23. The molecule has 0 radical (unpaired) electrons. The number of pyridine rings is 1. The number of carbonyl (C=O) groups excluding carboxylic acids is 1. The fraction of sp³-hybridized carbons (Fsp3) is 0.550. The van der Waals surface area contributed by atoms with Crippen molar-refractivity contribution in [1.82, 2.24) is 24.8 Å². The van der Waals surface area contributed by atoms with Gasteiger partial charge in [-0.25, -0.2) is 4.98 Å². The lowest BCUT2D eigenvalue weighted by molar-refractivity contribution is -0.128. The second-order valence-electron chi connectivity index (χ2n) is 7.66. The summed E-state index contributed by atoms with van der Waals surface area (Å²) in [5.41, 5.74) is 1.10. The Labute approximate surface area is 159 Å². The molecule has 2 aromatic rings. The molecule has 3 heterocycles. The van der Waals surface area contributed by atoms with E-state index in [0.29, 0.717) is 19.8 Å². The predicted molar refractivity (Wildman–Crippen MR) is 101 cm³/mol. The standard InChI is InChI=1S/C20H27N5O2/c1-16-22-7-8-25(16)15-20(4-5-20)14-23-19(26)18(17-3-2-6-21-13-17)24-9-11-27-12-10-24/h2-3,6-8,13,18H,4-5,9-12,14-15H2,1H3,(H,23,26)/t18-/m0/s1. The Morgan fingerprint density at radius 1 is 1.33 bits per heavy atom. The minimum absolute atomic E-state index is 0.0542. The van der Waals surface area contributed by atoms with Crippen LogP contribution in [0.2, 0.25) is 0 Å². The molecule has 4 rings (SSSR count). The van der Waals surface area contributed by atoms with Gasteiger partial charge in [0.2, 0.25) is 5.91 Å². The van der Waals surface area contributed by atoms with Gasteiger partial charge < -0.3 is 14.6 Å². The molecule has 144 valence electrons. The molecule has 2 fully saturated rings. The number of rotatable bonds is 7. The molecule has 0 bridgehead atoms. The molecule has 0 unspecified atom stereocenters. The van der Waals surface area contributed by atoms with Gasteiger partial charge in [0.25, 0.3) is 0 Å². The fourth-order valence-electron chi connectivity index (χ4n) is 3.77. The first-order valence-electron chi connectivity index (χ1n) is 9.64. The largest absolute Gasteiger partial charge is 0.379 e. The van der Waals surface area contributed by atoms with E-state index in [1.54, 1.807) is 12.4 Å². The van der Waals surface area contributed by atoms with Crippen molar-refractivity contribution in [3.8, 4) is 0 Å². The third-order valence-corrected chi connectivity index (χ3v) is 5.68. The predicted octanol–water partition coefficient (Wildman–Crippen LogP) is 1.56. The average Bonchev–Trinajstić information content (AvgIpc) is 3.36. The quantitative estimate of drug-likeness (QED) is 0.802. The van der Waals surface area contributed by atoms with Crippen LogP contribution in [0, 0.1) is 12.3 Å². The van der Waals surface area contributed by atoms with Gasteiger partial charge in [-0.3, -0.25) is 14.7 Å². The van der Waals surface area contributed by atoms with Crippen molar-refractivity contribution in [2.75, 3.05) is 32.8 Å². The molecule has 1 saturated heterocycles. The van der Waals surface area contributed by atoms with Crippen LogP contribution in [0.15, 0.2) is 36.9 Å². The van der Waals surface area contributed by atoms with E-state index in [0.717, 1.165) is 43.9 Å². The van der Waals surface area contributed by atoms with Crippen LogP contribution in [0.25, 0.3) is 0 Å². The Bertz CT molecular complexity index is 766. The van der Waals surface area contributed by atoms with Crippen molar-refractivity contribution in [3.63, 3.8) is 0 Å². The number of nitrogens with zero attached hydrogens (tertiary/aromatic N) is 4. The lowest BCUT2D eigenvalue weighted by Crippen LogP contribution is -2.47. The average molecular weight is 369 g/mol. The highest BCUT2D eigenvalue weighted by atomic mass is 16.5. The van der Waals surface area contributed by atoms with Gasteiger partial charge in [0.15, 0.2) is 0 Å². The van der Waals surface area contributed by atoms with Crippen LogP contribution in [-0.2, 0) is 16.1 Å². The minimum Gasteiger partial charge on any atom is -0.379 e. The summed E-state index contributed by atoms with van der Waals surface area (Å²) >= 11 is 0. The number of imidazole rings is 1. The van der Waals surface area contributed by atoms with Crippen molar-refractivity contribution >= 4 is 5.91 Å². The van der Waals surface area contributed by atoms with Crippen molar-refractivity contribution < 1.29 is 9.53 Å². The SMILES string of the molecule is Cc1nccn1CC1(CNC(=O)[C@H](c2cccnc2)N2CCOCC2)CC1. The third kappa shape index (κ3) is 4.20. The Kier molecular flexibility index (Phi) is 5.22. The molecular weight excluding hydrogens is 342 g/mol. The first-order chi connectivity index (χ1) is 13.2. The van der Waals surface area contributed by atoms with Gasteiger partial charge in [-0.15, -0.1) is 0 Å². The number of nitrogens with one attached hydrogen (secondary N) is 1. The van der Waals surface area contributed by atoms with Gasteiger partial charge in [0.05, 0.1) is 13.2 Å². The topological polar surface area (TPSA) is 72.3 Å². The van der Waals surface area contributed by atoms with E-state index >= 15 is 0 Å². The highest BCUT2D eigenvalue weighted by molar-refractivity contribution is 5.83. The summed E-state index contributed by atoms with van der Waals surface area (Å²) in [6, 6.07) is 3.56. The van der Waals surface area contributed by atoms with Crippen molar-refractivity contribution in [3.05, 3.63) is 48.3 Å². The highest BCUT2D eigenvalue weighted by Crippen LogP contribution is 2.46. The first-order valence-corrected chi connectivity index (χ1v) is 9.64. The molecule has 1 N–H and O–H groups in total. The molecule has 1 amide bonds. The Morgan fingerprint density at radius 3 is 2.78 bits per heavy atom. The number of hydrogen-bond acceptors (Lipinski definition) is 5. The molecule has 1 saturated carbocycles. The lowest BCUT2D eigenvalue weighted by atomic mass is 10.0. The highest BCUT2D eigenvalue weighted by Gasteiger charge is 2.44. The van der Waals surface area contributed by atoms with E-state index in [1.807, 2.05) is 31.5 Å². The van der Waals surface area contributed by atoms with E-state index in [9.17, 15) is 4.79 Å². The maximum absolute atomic E-state index is 13.1. The van der Waals surface area contributed by atoms with E-state index in [4.69, 9.17) is 4.74 Å². The normalized spacial score (nSPS) is 20.2. The number of morpholine rings is 1. The molecule has 1 atom stereocenters. The molecule has 7 nitrogen and oxygen atoms in total. The first kappa shape index (κ1) is 18.1. The number of aryl methyl sites for hydroxylation is 1. The molecule has 2 aliphatic rings. The summed E-state index contributed by atoms with van der Waals surface area (Å²) in [4.78, 5) is 23.9. The van der Waals surface area contributed by atoms with Crippen LogP contribution in [0.5, 0.6) is 0 Å². The van der Waals surface area contributed by atoms with Gasteiger partial charge >= 0.3 is 0 Å². The third-order valence-electron chi connectivity index (χ3n) is 5.68. The summed E-state index contributed by atoms with van der Waals surface area (Å²) < 4.78 is 7.64. The van der Waals surface area contributed by atoms with E-state index in [2.05, 4.69) is 24.8 Å². The molecule has 27 heavy (non-hydrogen) atoms. The maximum atomic E-state index is 13.1. The maximum Gasteiger partial charge on any atom is 0.242 e. The van der Waals surface area contributed by atoms with Crippen LogP contribution in [0.1, 0.15) is 30.3 Å². The van der Waals surface area contributed by atoms with E-state index in [-0.39, 0.29) is 17.4 Å². The van der Waals surface area contributed by atoms with Gasteiger partial charge in [0, 0.05) is 56.4 Å². The molecule has 1 aliphatic heterocycles. The van der Waals surface area contributed by atoms with Gasteiger partial charge in [0.1, 0.15) is 11.9 Å². The zero-order valence-corrected chi connectivity index (χ0v) is 15.8. The summed E-state index contributed by atoms with van der Waals surface area (Å²) in [6.45, 7) is 6.46. The van der Waals surface area contributed by atoms with Gasteiger partial charge in [-0.2, -0.15) is 0 Å². The number of hydrogen-bond donors (Lipinski definition) is 1. The minimum atomic E-state index is -0.312. The monoisotopic (exact) mass is 369 g/mol. The van der Waals surface area contributed by atoms with Crippen molar-refractivity contribution in [1.29, 1.82) is 0 Å². The molecule has 7 heteroatoms.